The first-order valence-corrected chi connectivity index (χ1v) is 11.5. The first-order valence-electron chi connectivity index (χ1n) is 11.5. The molecule has 176 valence electrons. The van der Waals surface area contributed by atoms with Gasteiger partial charge in [0.2, 0.25) is 0 Å². The smallest absolute Gasteiger partial charge is 0.339 e. The molecule has 5 aromatic rings. The quantitative estimate of drug-likeness (QED) is 0.256. The van der Waals surface area contributed by atoms with Crippen molar-refractivity contribution in [1.82, 2.24) is 4.98 Å². The van der Waals surface area contributed by atoms with Crippen LogP contribution < -0.4 is 0 Å². The molecule has 4 aromatic carbocycles. The van der Waals surface area contributed by atoms with Crippen LogP contribution in [0.25, 0.3) is 33.3 Å². The Hall–Kier alpha value is -4.77. The van der Waals surface area contributed by atoms with E-state index in [0.717, 1.165) is 33.2 Å². The normalized spacial score (nSPS) is 10.7. The fraction of sp³-hybridized carbons (Fsp3) is 0.0645. The number of nitrogens with zero attached hydrogens (tertiary/aromatic N) is 1. The van der Waals surface area contributed by atoms with Crippen molar-refractivity contribution in [2.75, 3.05) is 7.11 Å². The Labute approximate surface area is 209 Å². The number of hydrogen-bond acceptors (Lipinski definition) is 5. The van der Waals surface area contributed by atoms with E-state index in [1.165, 1.54) is 7.11 Å². The monoisotopic (exact) mass is 473 g/mol. The molecule has 5 heteroatoms. The van der Waals surface area contributed by atoms with E-state index >= 15 is 0 Å². The third-order valence-electron chi connectivity index (χ3n) is 5.97. The lowest BCUT2D eigenvalue weighted by Gasteiger charge is -2.11. The van der Waals surface area contributed by atoms with Crippen LogP contribution in [0.1, 0.15) is 26.3 Å². The summed E-state index contributed by atoms with van der Waals surface area (Å²) in [6, 6.07) is 34.4. The molecule has 0 radical (unpaired) electrons. The van der Waals surface area contributed by atoms with Crippen LogP contribution in [0.2, 0.25) is 0 Å². The number of ether oxygens (including phenoxy) is 2. The Bertz CT molecular complexity index is 1530. The van der Waals surface area contributed by atoms with Crippen molar-refractivity contribution in [2.45, 2.75) is 6.61 Å². The number of hydrogen-bond donors (Lipinski definition) is 0. The summed E-state index contributed by atoms with van der Waals surface area (Å²) in [6.45, 7) is 0.0814. The van der Waals surface area contributed by atoms with E-state index in [2.05, 4.69) is 24.3 Å². The second-order valence-electron chi connectivity index (χ2n) is 8.28. The molecule has 0 atom stereocenters. The summed E-state index contributed by atoms with van der Waals surface area (Å²) in [5.74, 6) is -0.848. The molecule has 36 heavy (non-hydrogen) atoms. The molecule has 0 saturated heterocycles. The second-order valence-corrected chi connectivity index (χ2v) is 8.28. The van der Waals surface area contributed by atoms with Gasteiger partial charge in [0.05, 0.1) is 29.4 Å². The Morgan fingerprint density at radius 1 is 0.694 bits per heavy atom. The predicted octanol–water partition coefficient (Wildman–Crippen LogP) is 6.71. The number of carbonyl (C=O) groups is 2. The molecule has 5 nitrogen and oxygen atoms in total. The van der Waals surface area contributed by atoms with Gasteiger partial charge in [-0.15, -0.1) is 0 Å². The van der Waals surface area contributed by atoms with Crippen molar-refractivity contribution in [3.63, 3.8) is 0 Å². The number of carbonyl (C=O) groups excluding carboxylic acids is 2. The van der Waals surface area contributed by atoms with Gasteiger partial charge in [0.15, 0.2) is 0 Å². The van der Waals surface area contributed by atoms with Crippen LogP contribution >= 0.6 is 0 Å². The lowest BCUT2D eigenvalue weighted by molar-refractivity contribution is 0.0473. The summed E-state index contributed by atoms with van der Waals surface area (Å²) < 4.78 is 10.4. The van der Waals surface area contributed by atoms with Gasteiger partial charge >= 0.3 is 11.9 Å². The lowest BCUT2D eigenvalue weighted by Crippen LogP contribution is -2.07. The Morgan fingerprint density at radius 3 is 2.06 bits per heavy atom. The first kappa shape index (κ1) is 23.0. The molecule has 0 spiro atoms. The Kier molecular flexibility index (Phi) is 6.54. The molecule has 0 saturated carbocycles. The van der Waals surface area contributed by atoms with Crippen LogP contribution in [0.3, 0.4) is 0 Å². The summed E-state index contributed by atoms with van der Waals surface area (Å²) in [7, 11) is 1.34. The highest BCUT2D eigenvalue weighted by Crippen LogP contribution is 2.28. The highest BCUT2D eigenvalue weighted by Gasteiger charge is 2.16. The minimum atomic E-state index is -0.437. The van der Waals surface area contributed by atoms with Gasteiger partial charge in [-0.2, -0.15) is 0 Å². The van der Waals surface area contributed by atoms with Crippen molar-refractivity contribution in [3.05, 3.63) is 126 Å². The standard InChI is InChI=1S/C31H23NO4/c1-35-30(33)25-13-11-21(12-14-25)20-36-31(34)27-19-29(32-28-10-6-5-9-26(27)28)24-17-15-23(16-18-24)22-7-3-2-4-8-22/h2-19H,20H2,1H3. The summed E-state index contributed by atoms with van der Waals surface area (Å²) in [6.07, 6.45) is 0. The van der Waals surface area contributed by atoms with Crippen LogP contribution in [-0.4, -0.2) is 24.0 Å². The lowest BCUT2D eigenvalue weighted by atomic mass is 10.0. The Balaban J connectivity index is 1.41. The van der Waals surface area contributed by atoms with Crippen LogP contribution in [0.5, 0.6) is 0 Å². The maximum Gasteiger partial charge on any atom is 0.339 e. The average Bonchev–Trinajstić information content (AvgIpc) is 2.95. The Morgan fingerprint density at radius 2 is 1.33 bits per heavy atom. The summed E-state index contributed by atoms with van der Waals surface area (Å²) in [4.78, 5) is 29.6. The fourth-order valence-electron chi connectivity index (χ4n) is 4.04. The van der Waals surface area contributed by atoms with Crippen molar-refractivity contribution in [2.24, 2.45) is 0 Å². The number of para-hydroxylation sites is 1. The zero-order valence-corrected chi connectivity index (χ0v) is 19.7. The van der Waals surface area contributed by atoms with E-state index in [4.69, 9.17) is 14.5 Å². The molecular weight excluding hydrogens is 450 g/mol. The summed E-state index contributed by atoms with van der Waals surface area (Å²) in [5.41, 5.74) is 6.24. The largest absolute Gasteiger partial charge is 0.465 e. The molecule has 0 unspecified atom stereocenters. The van der Waals surface area contributed by atoms with E-state index in [0.29, 0.717) is 16.8 Å². The molecule has 0 aliphatic rings. The third-order valence-corrected chi connectivity index (χ3v) is 5.97. The molecule has 0 amide bonds. The van der Waals surface area contributed by atoms with E-state index in [9.17, 15) is 9.59 Å². The number of aromatic nitrogens is 1. The van der Waals surface area contributed by atoms with Gasteiger partial charge in [-0.05, 0) is 41.0 Å². The first-order chi connectivity index (χ1) is 17.6. The number of pyridine rings is 1. The van der Waals surface area contributed by atoms with Crippen LogP contribution in [0.15, 0.2) is 109 Å². The highest BCUT2D eigenvalue weighted by atomic mass is 16.5. The molecule has 0 fully saturated rings. The zero-order valence-electron chi connectivity index (χ0n) is 19.7. The van der Waals surface area contributed by atoms with Gasteiger partial charge in [0.25, 0.3) is 0 Å². The number of methoxy groups -OCH3 is 1. The third kappa shape index (κ3) is 4.86. The fourth-order valence-corrected chi connectivity index (χ4v) is 4.04. The predicted molar refractivity (Wildman–Crippen MR) is 140 cm³/mol. The van der Waals surface area contributed by atoms with Crippen LogP contribution in [-0.2, 0) is 16.1 Å². The molecule has 0 bridgehead atoms. The minimum Gasteiger partial charge on any atom is -0.465 e. The van der Waals surface area contributed by atoms with Gasteiger partial charge in [-0.3, -0.25) is 0 Å². The summed E-state index contributed by atoms with van der Waals surface area (Å²) >= 11 is 0. The van der Waals surface area contributed by atoms with E-state index < -0.39 is 11.9 Å². The van der Waals surface area contributed by atoms with E-state index in [-0.39, 0.29) is 6.61 Å². The minimum absolute atomic E-state index is 0.0814. The summed E-state index contributed by atoms with van der Waals surface area (Å²) in [5, 5.41) is 0.730. The van der Waals surface area contributed by atoms with E-state index in [1.807, 2.05) is 54.6 Å². The average molecular weight is 474 g/mol. The molecule has 1 aromatic heterocycles. The van der Waals surface area contributed by atoms with Crippen molar-refractivity contribution >= 4 is 22.8 Å². The molecular formula is C31H23NO4. The molecule has 5 rings (SSSR count). The molecule has 0 aliphatic heterocycles. The molecule has 0 aliphatic carbocycles. The van der Waals surface area contributed by atoms with Crippen molar-refractivity contribution in [1.29, 1.82) is 0 Å². The van der Waals surface area contributed by atoms with Gasteiger partial charge in [-0.25, -0.2) is 14.6 Å². The van der Waals surface area contributed by atoms with Gasteiger partial charge in [0, 0.05) is 10.9 Å². The van der Waals surface area contributed by atoms with Crippen molar-refractivity contribution < 1.29 is 19.1 Å². The maximum atomic E-state index is 13.2. The molecule has 1 heterocycles. The zero-order chi connectivity index (χ0) is 24.9. The number of esters is 2. The van der Waals surface area contributed by atoms with Crippen LogP contribution in [0.4, 0.5) is 0 Å². The van der Waals surface area contributed by atoms with Crippen molar-refractivity contribution in [3.8, 4) is 22.4 Å². The van der Waals surface area contributed by atoms with Gasteiger partial charge in [0.1, 0.15) is 6.61 Å². The SMILES string of the molecule is COC(=O)c1ccc(COC(=O)c2cc(-c3ccc(-c4ccccc4)cc3)nc3ccccc23)cc1. The van der Waals surface area contributed by atoms with Gasteiger partial charge < -0.3 is 9.47 Å². The number of benzene rings is 4. The molecule has 0 N–H and O–H groups in total. The van der Waals surface area contributed by atoms with Crippen LogP contribution in [0, 0.1) is 0 Å². The van der Waals surface area contributed by atoms with Gasteiger partial charge in [-0.1, -0.05) is 84.9 Å². The number of fused-ring (bicyclic) bond motifs is 1. The number of rotatable bonds is 6. The van der Waals surface area contributed by atoms with E-state index in [1.54, 1.807) is 30.3 Å². The highest BCUT2D eigenvalue weighted by molar-refractivity contribution is 6.04. The topological polar surface area (TPSA) is 65.5 Å². The second kappa shape index (κ2) is 10.2. The maximum absolute atomic E-state index is 13.2.